The Balaban J connectivity index is 0.00000420. The largest absolute Gasteiger partial charge is 0.255 e. The molecule has 0 atom stereocenters. The summed E-state index contributed by atoms with van der Waals surface area (Å²) in [5.41, 5.74) is 7.83. The Labute approximate surface area is 187 Å². The summed E-state index contributed by atoms with van der Waals surface area (Å²) in [7, 11) is 0. The van der Waals surface area contributed by atoms with Gasteiger partial charge >= 0.3 is 0 Å². The maximum Gasteiger partial charge on any atom is 0.0633 e. The van der Waals surface area contributed by atoms with Crippen molar-refractivity contribution in [3.8, 4) is 0 Å². The third-order valence-corrected chi connectivity index (χ3v) is 4.97. The number of aliphatic imine (C=N–C) groups is 2. The summed E-state index contributed by atoms with van der Waals surface area (Å²) < 4.78 is 0. The van der Waals surface area contributed by atoms with Crippen LogP contribution in [0.25, 0.3) is 0 Å². The molecule has 2 aromatic carbocycles. The molecule has 0 radical (unpaired) electrons. The van der Waals surface area contributed by atoms with E-state index in [9.17, 15) is 0 Å². The number of benzene rings is 2. The molecule has 0 amide bonds. The van der Waals surface area contributed by atoms with E-state index in [4.69, 9.17) is 0 Å². The van der Waals surface area contributed by atoms with Gasteiger partial charge in [-0.2, -0.15) is 0 Å². The van der Waals surface area contributed by atoms with Gasteiger partial charge in [-0.15, -0.1) is 0 Å². The van der Waals surface area contributed by atoms with Crippen molar-refractivity contribution in [2.24, 2.45) is 9.98 Å². The Kier molecular flexibility index (Phi) is 12.5. The Morgan fingerprint density at radius 3 is 1.24 bits per heavy atom. The minimum atomic E-state index is 0. The van der Waals surface area contributed by atoms with E-state index >= 15 is 0 Å². The van der Waals surface area contributed by atoms with Crippen molar-refractivity contribution < 1.29 is 16.5 Å². The van der Waals surface area contributed by atoms with Crippen LogP contribution in [0.3, 0.4) is 0 Å². The van der Waals surface area contributed by atoms with Crippen molar-refractivity contribution in [1.82, 2.24) is 0 Å². The molecule has 0 aliphatic rings. The van der Waals surface area contributed by atoms with Crippen molar-refractivity contribution in [3.63, 3.8) is 0 Å². The zero-order valence-corrected chi connectivity index (χ0v) is 19.5. The predicted molar refractivity (Wildman–Crippen MR) is 125 cm³/mol. The van der Waals surface area contributed by atoms with Crippen LogP contribution in [-0.2, 0) is 42.2 Å². The number of aryl methyl sites for hydroxylation is 4. The zero-order chi connectivity index (χ0) is 20.2. The second kappa shape index (κ2) is 14.3. The second-order valence-corrected chi connectivity index (χ2v) is 7.46. The van der Waals surface area contributed by atoms with E-state index in [0.717, 1.165) is 37.1 Å². The monoisotopic (exact) mass is 434 g/mol. The van der Waals surface area contributed by atoms with E-state index in [1.54, 1.807) is 0 Å². The average molecular weight is 435 g/mol. The molecule has 160 valence electrons. The summed E-state index contributed by atoms with van der Waals surface area (Å²) in [5, 5.41) is 0. The van der Waals surface area contributed by atoms with Gasteiger partial charge in [0.1, 0.15) is 0 Å². The molecular weight excluding hydrogens is 399 g/mol. The maximum atomic E-state index is 4.60. The second-order valence-electron chi connectivity index (χ2n) is 7.46. The van der Waals surface area contributed by atoms with Crippen LogP contribution in [-0.4, -0.2) is 12.4 Å². The molecule has 29 heavy (non-hydrogen) atoms. The SMILES string of the molecule is CCCc1ccc(N=CC=Nc2ccc(CCC)c(CCC)c2)cc1CCC.[Ni]. The van der Waals surface area contributed by atoms with E-state index in [2.05, 4.69) is 74.1 Å². The van der Waals surface area contributed by atoms with Gasteiger partial charge in [0.25, 0.3) is 0 Å². The van der Waals surface area contributed by atoms with E-state index in [1.165, 1.54) is 47.9 Å². The Morgan fingerprint density at radius 1 is 0.552 bits per heavy atom. The summed E-state index contributed by atoms with van der Waals surface area (Å²) in [6.45, 7) is 8.94. The summed E-state index contributed by atoms with van der Waals surface area (Å²) in [6.07, 6.45) is 12.9. The smallest absolute Gasteiger partial charge is 0.0633 e. The van der Waals surface area contributed by atoms with Crippen LogP contribution in [0.2, 0.25) is 0 Å². The third kappa shape index (κ3) is 8.27. The van der Waals surface area contributed by atoms with Gasteiger partial charge in [-0.1, -0.05) is 65.5 Å². The van der Waals surface area contributed by atoms with Crippen molar-refractivity contribution in [1.29, 1.82) is 0 Å². The van der Waals surface area contributed by atoms with E-state index in [-0.39, 0.29) is 16.5 Å². The zero-order valence-electron chi connectivity index (χ0n) is 18.5. The van der Waals surface area contributed by atoms with E-state index in [1.807, 2.05) is 12.4 Å². The normalized spacial score (nSPS) is 11.3. The van der Waals surface area contributed by atoms with Gasteiger partial charge < -0.3 is 0 Å². The number of hydrogen-bond acceptors (Lipinski definition) is 2. The van der Waals surface area contributed by atoms with Crippen LogP contribution >= 0.6 is 0 Å². The molecule has 0 aliphatic heterocycles. The predicted octanol–water partition coefficient (Wildman–Crippen LogP) is 7.60. The summed E-state index contributed by atoms with van der Waals surface area (Å²) in [5.74, 6) is 0. The van der Waals surface area contributed by atoms with Gasteiger partial charge in [0.15, 0.2) is 0 Å². The Hall–Kier alpha value is -1.73. The summed E-state index contributed by atoms with van der Waals surface area (Å²) in [4.78, 5) is 9.19. The molecule has 0 unspecified atom stereocenters. The molecule has 0 spiro atoms. The van der Waals surface area contributed by atoms with Gasteiger partial charge in [-0.3, -0.25) is 9.98 Å². The van der Waals surface area contributed by atoms with Crippen LogP contribution in [0, 0.1) is 0 Å². The number of nitrogens with zero attached hydrogens (tertiary/aromatic N) is 2. The van der Waals surface area contributed by atoms with Gasteiger partial charge in [0.05, 0.1) is 11.4 Å². The molecule has 0 fully saturated rings. The van der Waals surface area contributed by atoms with Gasteiger partial charge in [-0.05, 0) is 72.2 Å². The van der Waals surface area contributed by atoms with Crippen LogP contribution < -0.4 is 0 Å². The fourth-order valence-electron chi connectivity index (χ4n) is 3.65. The Morgan fingerprint density at radius 2 is 0.897 bits per heavy atom. The average Bonchev–Trinajstić information content (AvgIpc) is 2.69. The first-order valence-electron chi connectivity index (χ1n) is 11.0. The first kappa shape index (κ1) is 25.3. The van der Waals surface area contributed by atoms with Crippen LogP contribution in [0.4, 0.5) is 11.4 Å². The van der Waals surface area contributed by atoms with E-state index in [0.29, 0.717) is 0 Å². The van der Waals surface area contributed by atoms with Crippen molar-refractivity contribution in [2.75, 3.05) is 0 Å². The molecule has 3 heteroatoms. The minimum absolute atomic E-state index is 0. The fraction of sp³-hybridized carbons (Fsp3) is 0.462. The van der Waals surface area contributed by atoms with Gasteiger partial charge in [0, 0.05) is 28.9 Å². The van der Waals surface area contributed by atoms with Crippen LogP contribution in [0.15, 0.2) is 46.4 Å². The molecule has 0 aromatic heterocycles. The van der Waals surface area contributed by atoms with Crippen molar-refractivity contribution in [3.05, 3.63) is 58.7 Å². The molecule has 0 aliphatic carbocycles. The topological polar surface area (TPSA) is 24.7 Å². The van der Waals surface area contributed by atoms with Crippen LogP contribution in [0.1, 0.15) is 75.6 Å². The van der Waals surface area contributed by atoms with Gasteiger partial charge in [-0.25, -0.2) is 0 Å². The third-order valence-electron chi connectivity index (χ3n) is 4.97. The molecule has 0 N–H and O–H groups in total. The Bertz CT molecular complexity index is 726. The molecule has 2 nitrogen and oxygen atoms in total. The standard InChI is InChI=1S/C26H36N2.Ni/c1-5-9-21-13-15-25(19-23(21)11-7-3)27-17-18-28-26-16-14-22(10-6-2)24(20-26)12-8-4;/h13-20H,5-12H2,1-4H3;. The quantitative estimate of drug-likeness (QED) is 0.257. The first-order chi connectivity index (χ1) is 13.7. The molecule has 0 heterocycles. The summed E-state index contributed by atoms with van der Waals surface area (Å²) in [6, 6.07) is 13.2. The maximum absolute atomic E-state index is 4.60. The first-order valence-corrected chi connectivity index (χ1v) is 11.0. The van der Waals surface area contributed by atoms with Crippen molar-refractivity contribution in [2.45, 2.75) is 79.1 Å². The molecule has 2 aromatic rings. The van der Waals surface area contributed by atoms with Crippen molar-refractivity contribution >= 4 is 23.8 Å². The minimum Gasteiger partial charge on any atom is -0.255 e. The fourth-order valence-corrected chi connectivity index (χ4v) is 3.65. The molecule has 0 saturated heterocycles. The van der Waals surface area contributed by atoms with E-state index < -0.39 is 0 Å². The molecule has 2 rings (SSSR count). The molecular formula is C26H36N2Ni. The number of rotatable bonds is 11. The summed E-state index contributed by atoms with van der Waals surface area (Å²) >= 11 is 0. The van der Waals surface area contributed by atoms with Crippen LogP contribution in [0.5, 0.6) is 0 Å². The molecule has 0 saturated carbocycles. The van der Waals surface area contributed by atoms with Gasteiger partial charge in [0.2, 0.25) is 0 Å². The number of hydrogen-bond donors (Lipinski definition) is 0. The molecule has 0 bridgehead atoms.